The Balaban J connectivity index is 1.95. The molecule has 0 N–H and O–H groups in total. The third-order valence-corrected chi connectivity index (χ3v) is 4.66. The zero-order valence-electron chi connectivity index (χ0n) is 14.5. The van der Waals surface area contributed by atoms with Crippen molar-refractivity contribution in [1.29, 1.82) is 5.26 Å². The molecule has 1 atom stereocenters. The minimum absolute atomic E-state index is 0.507. The summed E-state index contributed by atoms with van der Waals surface area (Å²) >= 11 is 0. The normalized spacial score (nSPS) is 13.0. The van der Waals surface area contributed by atoms with E-state index in [9.17, 15) is 5.26 Å². The van der Waals surface area contributed by atoms with Crippen molar-refractivity contribution in [2.75, 3.05) is 0 Å². The standard InChI is InChI=1S/C23H22N2/c1-2-14-23(18-24,16-19-7-6-15-25-17-19)22-12-10-21(11-13-22)20-8-4-3-5-9-20/h3-13,15,17H,2,14,16H2,1H3. The average molecular weight is 326 g/mol. The highest BCUT2D eigenvalue weighted by atomic mass is 14.6. The molecule has 0 aliphatic rings. The number of hydrogen-bond donors (Lipinski definition) is 0. The lowest BCUT2D eigenvalue weighted by molar-refractivity contribution is 0.492. The Labute approximate surface area is 149 Å². The Morgan fingerprint density at radius 1 is 0.920 bits per heavy atom. The molecule has 0 amide bonds. The van der Waals surface area contributed by atoms with Gasteiger partial charge in [0.1, 0.15) is 0 Å². The summed E-state index contributed by atoms with van der Waals surface area (Å²) in [7, 11) is 0. The first kappa shape index (κ1) is 16.9. The fourth-order valence-corrected chi connectivity index (χ4v) is 3.39. The minimum Gasteiger partial charge on any atom is -0.264 e. The van der Waals surface area contributed by atoms with Gasteiger partial charge in [0.2, 0.25) is 0 Å². The number of nitriles is 1. The highest BCUT2D eigenvalue weighted by Gasteiger charge is 2.31. The van der Waals surface area contributed by atoms with Crippen LogP contribution >= 0.6 is 0 Å². The summed E-state index contributed by atoms with van der Waals surface area (Å²) in [6, 6.07) is 25.4. The lowest BCUT2D eigenvalue weighted by Gasteiger charge is -2.27. The fourth-order valence-electron chi connectivity index (χ4n) is 3.39. The molecule has 124 valence electrons. The summed E-state index contributed by atoms with van der Waals surface area (Å²) in [6.07, 6.45) is 6.12. The monoisotopic (exact) mass is 326 g/mol. The number of aromatic nitrogens is 1. The molecule has 25 heavy (non-hydrogen) atoms. The lowest BCUT2D eigenvalue weighted by atomic mass is 9.73. The highest BCUT2D eigenvalue weighted by molar-refractivity contribution is 5.64. The number of benzene rings is 2. The summed E-state index contributed by atoms with van der Waals surface area (Å²) < 4.78 is 0. The zero-order chi connectivity index (χ0) is 17.5. The largest absolute Gasteiger partial charge is 0.264 e. The number of pyridine rings is 1. The molecule has 0 spiro atoms. The van der Waals surface area contributed by atoms with Gasteiger partial charge in [-0.15, -0.1) is 0 Å². The van der Waals surface area contributed by atoms with Crippen LogP contribution in [-0.2, 0) is 11.8 Å². The summed E-state index contributed by atoms with van der Waals surface area (Å²) in [6.45, 7) is 2.13. The Bertz CT molecular complexity index is 833. The van der Waals surface area contributed by atoms with Crippen LogP contribution in [-0.4, -0.2) is 4.98 Å². The van der Waals surface area contributed by atoms with E-state index in [1.165, 1.54) is 11.1 Å². The smallest absolute Gasteiger partial charge is 0.0863 e. The van der Waals surface area contributed by atoms with Crippen LogP contribution in [0.5, 0.6) is 0 Å². The van der Waals surface area contributed by atoms with Crippen LogP contribution in [0.1, 0.15) is 30.9 Å². The Morgan fingerprint density at radius 2 is 1.64 bits per heavy atom. The SMILES string of the molecule is CCCC(C#N)(Cc1cccnc1)c1ccc(-c2ccccc2)cc1. The first-order valence-corrected chi connectivity index (χ1v) is 8.73. The highest BCUT2D eigenvalue weighted by Crippen LogP contribution is 2.34. The van der Waals surface area contributed by atoms with Gasteiger partial charge in [-0.05, 0) is 41.2 Å². The number of rotatable bonds is 6. The summed E-state index contributed by atoms with van der Waals surface area (Å²) in [4.78, 5) is 4.20. The predicted molar refractivity (Wildman–Crippen MR) is 102 cm³/mol. The van der Waals surface area contributed by atoms with Crippen LogP contribution in [0.15, 0.2) is 79.1 Å². The van der Waals surface area contributed by atoms with Gasteiger partial charge in [0.15, 0.2) is 0 Å². The van der Waals surface area contributed by atoms with Gasteiger partial charge >= 0.3 is 0 Å². The molecule has 2 nitrogen and oxygen atoms in total. The van der Waals surface area contributed by atoms with Gasteiger partial charge in [-0.1, -0.05) is 74.0 Å². The topological polar surface area (TPSA) is 36.7 Å². The van der Waals surface area contributed by atoms with Crippen molar-refractivity contribution in [1.82, 2.24) is 4.98 Å². The minimum atomic E-state index is -0.507. The Kier molecular flexibility index (Phi) is 5.26. The molecule has 0 bridgehead atoms. The second-order valence-electron chi connectivity index (χ2n) is 6.43. The van der Waals surface area contributed by atoms with Gasteiger partial charge in [-0.3, -0.25) is 4.98 Å². The van der Waals surface area contributed by atoms with Crippen molar-refractivity contribution in [3.05, 3.63) is 90.3 Å². The van der Waals surface area contributed by atoms with Crippen molar-refractivity contribution in [3.63, 3.8) is 0 Å². The molecule has 0 aliphatic heterocycles. The van der Waals surface area contributed by atoms with Crippen LogP contribution in [0, 0.1) is 11.3 Å². The molecule has 1 unspecified atom stereocenters. The third-order valence-electron chi connectivity index (χ3n) is 4.66. The van der Waals surface area contributed by atoms with Gasteiger partial charge in [0.05, 0.1) is 11.5 Å². The molecule has 1 heterocycles. The second kappa shape index (κ2) is 7.77. The summed E-state index contributed by atoms with van der Waals surface area (Å²) in [5.74, 6) is 0. The molecule has 0 aliphatic carbocycles. The molecule has 2 heteroatoms. The van der Waals surface area contributed by atoms with E-state index in [2.05, 4.69) is 54.4 Å². The number of hydrogen-bond acceptors (Lipinski definition) is 2. The lowest BCUT2D eigenvalue weighted by Crippen LogP contribution is -2.27. The predicted octanol–water partition coefficient (Wildman–Crippen LogP) is 5.55. The van der Waals surface area contributed by atoms with Crippen molar-refractivity contribution in [3.8, 4) is 17.2 Å². The molecule has 0 fully saturated rings. The molecule has 3 rings (SSSR count). The molecular weight excluding hydrogens is 304 g/mol. The van der Waals surface area contributed by atoms with Gasteiger partial charge in [-0.2, -0.15) is 5.26 Å². The quantitative estimate of drug-likeness (QED) is 0.595. The Morgan fingerprint density at radius 3 is 2.24 bits per heavy atom. The van der Waals surface area contributed by atoms with Crippen molar-refractivity contribution >= 4 is 0 Å². The van der Waals surface area contributed by atoms with Crippen LogP contribution in [0.2, 0.25) is 0 Å². The van der Waals surface area contributed by atoms with Gasteiger partial charge in [0, 0.05) is 12.4 Å². The van der Waals surface area contributed by atoms with E-state index in [1.807, 2.05) is 36.5 Å². The molecule has 3 aromatic rings. The Hall–Kier alpha value is -2.92. The molecule has 2 aromatic carbocycles. The molecule has 0 saturated heterocycles. The maximum atomic E-state index is 10.0. The maximum absolute atomic E-state index is 10.0. The summed E-state index contributed by atoms with van der Waals surface area (Å²) in [5.41, 5.74) is 4.05. The average Bonchev–Trinajstić information content (AvgIpc) is 2.69. The van der Waals surface area contributed by atoms with E-state index in [-0.39, 0.29) is 0 Å². The number of nitrogens with zero attached hydrogens (tertiary/aromatic N) is 2. The van der Waals surface area contributed by atoms with E-state index in [1.54, 1.807) is 6.20 Å². The van der Waals surface area contributed by atoms with Crippen molar-refractivity contribution in [2.24, 2.45) is 0 Å². The van der Waals surface area contributed by atoms with Crippen LogP contribution in [0.3, 0.4) is 0 Å². The van der Waals surface area contributed by atoms with E-state index in [0.717, 1.165) is 24.0 Å². The van der Waals surface area contributed by atoms with E-state index >= 15 is 0 Å². The molecular formula is C23H22N2. The zero-order valence-corrected chi connectivity index (χ0v) is 14.5. The van der Waals surface area contributed by atoms with E-state index in [4.69, 9.17) is 0 Å². The second-order valence-corrected chi connectivity index (χ2v) is 6.43. The maximum Gasteiger partial charge on any atom is 0.0863 e. The van der Waals surface area contributed by atoms with Crippen LogP contribution in [0.25, 0.3) is 11.1 Å². The van der Waals surface area contributed by atoms with Crippen molar-refractivity contribution < 1.29 is 0 Å². The first-order chi connectivity index (χ1) is 12.3. The van der Waals surface area contributed by atoms with E-state index < -0.39 is 5.41 Å². The van der Waals surface area contributed by atoms with Crippen LogP contribution < -0.4 is 0 Å². The van der Waals surface area contributed by atoms with Crippen molar-refractivity contribution in [2.45, 2.75) is 31.6 Å². The van der Waals surface area contributed by atoms with Crippen LogP contribution in [0.4, 0.5) is 0 Å². The third kappa shape index (κ3) is 3.78. The summed E-state index contributed by atoms with van der Waals surface area (Å²) in [5, 5.41) is 10.0. The first-order valence-electron chi connectivity index (χ1n) is 8.73. The fraction of sp³-hybridized carbons (Fsp3) is 0.217. The molecule has 0 saturated carbocycles. The molecule has 1 aromatic heterocycles. The van der Waals surface area contributed by atoms with Gasteiger partial charge in [0.25, 0.3) is 0 Å². The van der Waals surface area contributed by atoms with Gasteiger partial charge in [-0.25, -0.2) is 0 Å². The van der Waals surface area contributed by atoms with E-state index in [0.29, 0.717) is 6.42 Å². The van der Waals surface area contributed by atoms with Gasteiger partial charge < -0.3 is 0 Å². The molecule has 0 radical (unpaired) electrons.